The van der Waals surface area contributed by atoms with Crippen molar-refractivity contribution in [2.75, 3.05) is 6.61 Å². The lowest BCUT2D eigenvalue weighted by atomic mass is 10.1. The van der Waals surface area contributed by atoms with E-state index in [0.29, 0.717) is 19.4 Å². The van der Waals surface area contributed by atoms with Gasteiger partial charge in [0, 0.05) is 19.7 Å². The standard InChI is InChI=1S/C19H18N4O3S/c1-23-16(21-14-3-2-9-20-17(14)23)8-10-26-13-6-4-12(5-7-13)11-15-18(24)22-19(25)27-15/h2-7,9,15H,8,10-11H2,1H3,(H,22,24,25). The molecule has 0 aliphatic carbocycles. The zero-order valence-corrected chi connectivity index (χ0v) is 15.5. The number of nitrogens with one attached hydrogen (secondary N) is 1. The zero-order valence-electron chi connectivity index (χ0n) is 14.7. The van der Waals surface area contributed by atoms with Crippen molar-refractivity contribution in [3.8, 4) is 5.75 Å². The summed E-state index contributed by atoms with van der Waals surface area (Å²) in [6.45, 7) is 0.506. The van der Waals surface area contributed by atoms with E-state index in [9.17, 15) is 9.59 Å². The number of rotatable bonds is 6. The van der Waals surface area contributed by atoms with Crippen molar-refractivity contribution < 1.29 is 14.3 Å². The lowest BCUT2D eigenvalue weighted by molar-refractivity contribution is -0.118. The summed E-state index contributed by atoms with van der Waals surface area (Å²) in [7, 11) is 1.95. The highest BCUT2D eigenvalue weighted by molar-refractivity contribution is 8.15. The molecule has 0 saturated carbocycles. The minimum Gasteiger partial charge on any atom is -0.493 e. The number of amides is 2. The van der Waals surface area contributed by atoms with Gasteiger partial charge in [0.15, 0.2) is 5.65 Å². The number of hydrogen-bond donors (Lipinski definition) is 1. The first-order chi connectivity index (χ1) is 13.1. The monoisotopic (exact) mass is 382 g/mol. The lowest BCUT2D eigenvalue weighted by Crippen LogP contribution is -2.25. The fourth-order valence-corrected chi connectivity index (χ4v) is 3.88. The molecule has 8 heteroatoms. The average molecular weight is 382 g/mol. The van der Waals surface area contributed by atoms with Crippen LogP contribution in [0.1, 0.15) is 11.4 Å². The van der Waals surface area contributed by atoms with Gasteiger partial charge in [0.25, 0.3) is 5.24 Å². The van der Waals surface area contributed by atoms with Crippen LogP contribution in [-0.4, -0.2) is 37.5 Å². The van der Waals surface area contributed by atoms with Gasteiger partial charge < -0.3 is 9.30 Å². The SMILES string of the molecule is Cn1c(CCOc2ccc(CC3SC(=O)NC3=O)cc2)nc2cccnc21. The van der Waals surface area contributed by atoms with E-state index in [0.717, 1.165) is 40.1 Å². The number of benzene rings is 1. The first-order valence-corrected chi connectivity index (χ1v) is 9.47. The first kappa shape index (κ1) is 17.5. The number of carbonyl (C=O) groups is 2. The van der Waals surface area contributed by atoms with Crippen LogP contribution in [0.4, 0.5) is 4.79 Å². The molecule has 1 fully saturated rings. The van der Waals surface area contributed by atoms with Gasteiger partial charge in [-0.05, 0) is 36.2 Å². The second kappa shape index (κ2) is 7.40. The molecule has 1 saturated heterocycles. The maximum absolute atomic E-state index is 11.6. The number of pyridine rings is 1. The van der Waals surface area contributed by atoms with Gasteiger partial charge >= 0.3 is 0 Å². The smallest absolute Gasteiger partial charge is 0.286 e. The van der Waals surface area contributed by atoms with Gasteiger partial charge in [-0.15, -0.1) is 0 Å². The minimum atomic E-state index is -0.351. The predicted molar refractivity (Wildman–Crippen MR) is 103 cm³/mol. The Kier molecular flexibility index (Phi) is 4.81. The average Bonchev–Trinajstić information content (AvgIpc) is 3.15. The Balaban J connectivity index is 1.33. The molecule has 4 rings (SSSR count). The van der Waals surface area contributed by atoms with Gasteiger partial charge in [0.2, 0.25) is 5.91 Å². The van der Waals surface area contributed by atoms with E-state index in [4.69, 9.17) is 4.74 Å². The van der Waals surface area contributed by atoms with Crippen molar-refractivity contribution in [1.82, 2.24) is 19.9 Å². The Bertz CT molecular complexity index is 1000. The summed E-state index contributed by atoms with van der Waals surface area (Å²) < 4.78 is 7.79. The molecular formula is C19H18N4O3S. The molecule has 138 valence electrons. The van der Waals surface area contributed by atoms with E-state index in [-0.39, 0.29) is 16.4 Å². The number of ether oxygens (including phenoxy) is 1. The fraction of sp³-hybridized carbons (Fsp3) is 0.263. The summed E-state index contributed by atoms with van der Waals surface area (Å²) in [6.07, 6.45) is 2.96. The summed E-state index contributed by atoms with van der Waals surface area (Å²) in [5.74, 6) is 1.46. The van der Waals surface area contributed by atoms with Crippen LogP contribution in [0.25, 0.3) is 11.2 Å². The van der Waals surface area contributed by atoms with Gasteiger partial charge in [0.05, 0.1) is 11.9 Å². The van der Waals surface area contributed by atoms with Gasteiger partial charge in [-0.25, -0.2) is 9.97 Å². The maximum Gasteiger partial charge on any atom is 0.286 e. The maximum atomic E-state index is 11.6. The first-order valence-electron chi connectivity index (χ1n) is 8.60. The Morgan fingerprint density at radius 1 is 1.22 bits per heavy atom. The van der Waals surface area contributed by atoms with Crippen molar-refractivity contribution >= 4 is 34.1 Å². The lowest BCUT2D eigenvalue weighted by Gasteiger charge is -2.09. The Labute approximate surface area is 160 Å². The van der Waals surface area contributed by atoms with E-state index in [1.54, 1.807) is 6.20 Å². The van der Waals surface area contributed by atoms with Crippen LogP contribution in [0.3, 0.4) is 0 Å². The highest BCUT2D eigenvalue weighted by atomic mass is 32.2. The molecule has 1 N–H and O–H groups in total. The van der Waals surface area contributed by atoms with Crippen molar-refractivity contribution in [2.24, 2.45) is 7.05 Å². The number of aromatic nitrogens is 3. The number of hydrogen-bond acceptors (Lipinski definition) is 6. The summed E-state index contributed by atoms with van der Waals surface area (Å²) in [6, 6.07) is 11.4. The van der Waals surface area contributed by atoms with Crippen LogP contribution < -0.4 is 10.1 Å². The van der Waals surface area contributed by atoms with E-state index in [2.05, 4.69) is 15.3 Å². The molecule has 3 heterocycles. The topological polar surface area (TPSA) is 86.1 Å². The third-order valence-corrected chi connectivity index (χ3v) is 5.41. The molecule has 0 bridgehead atoms. The predicted octanol–water partition coefficient (Wildman–Crippen LogP) is 2.48. The molecule has 1 aliphatic heterocycles. The van der Waals surface area contributed by atoms with Crippen LogP contribution in [0.5, 0.6) is 5.75 Å². The fourth-order valence-electron chi connectivity index (χ4n) is 3.02. The van der Waals surface area contributed by atoms with Crippen LogP contribution in [0, 0.1) is 0 Å². The van der Waals surface area contributed by atoms with E-state index in [1.807, 2.05) is 48.0 Å². The van der Waals surface area contributed by atoms with Crippen LogP contribution in [0.2, 0.25) is 0 Å². The molecule has 7 nitrogen and oxygen atoms in total. The number of nitrogens with zero attached hydrogens (tertiary/aromatic N) is 3. The van der Waals surface area contributed by atoms with Crippen molar-refractivity contribution in [2.45, 2.75) is 18.1 Å². The summed E-state index contributed by atoms with van der Waals surface area (Å²) in [4.78, 5) is 31.8. The number of fused-ring (bicyclic) bond motifs is 1. The Hall–Kier alpha value is -2.87. The van der Waals surface area contributed by atoms with Crippen molar-refractivity contribution in [3.63, 3.8) is 0 Å². The molecule has 3 aromatic rings. The second-order valence-corrected chi connectivity index (χ2v) is 7.44. The van der Waals surface area contributed by atoms with E-state index >= 15 is 0 Å². The van der Waals surface area contributed by atoms with E-state index < -0.39 is 0 Å². The normalized spacial score (nSPS) is 16.7. The van der Waals surface area contributed by atoms with Crippen molar-refractivity contribution in [1.29, 1.82) is 0 Å². The van der Waals surface area contributed by atoms with Gasteiger partial charge in [0.1, 0.15) is 17.1 Å². The molecule has 1 aliphatic rings. The second-order valence-electron chi connectivity index (χ2n) is 6.26. The Morgan fingerprint density at radius 2 is 2.04 bits per heavy atom. The molecule has 1 aromatic carbocycles. The third-order valence-electron chi connectivity index (χ3n) is 4.43. The molecule has 2 amide bonds. The third kappa shape index (κ3) is 3.80. The van der Waals surface area contributed by atoms with Crippen molar-refractivity contribution in [3.05, 3.63) is 54.0 Å². The molecular weight excluding hydrogens is 364 g/mol. The number of carbonyl (C=O) groups excluding carboxylic acids is 2. The molecule has 2 aromatic heterocycles. The highest BCUT2D eigenvalue weighted by Gasteiger charge is 2.31. The number of imidazole rings is 1. The molecule has 0 radical (unpaired) electrons. The molecule has 1 atom stereocenters. The summed E-state index contributed by atoms with van der Waals surface area (Å²) in [5, 5.41) is 1.68. The van der Waals surface area contributed by atoms with Crippen LogP contribution in [-0.2, 0) is 24.7 Å². The Morgan fingerprint density at radius 3 is 2.74 bits per heavy atom. The number of thioether (sulfide) groups is 1. The molecule has 27 heavy (non-hydrogen) atoms. The zero-order chi connectivity index (χ0) is 18.8. The van der Waals surface area contributed by atoms with Gasteiger partial charge in [-0.2, -0.15) is 0 Å². The summed E-state index contributed by atoms with van der Waals surface area (Å²) in [5.41, 5.74) is 2.74. The van der Waals surface area contributed by atoms with Gasteiger partial charge in [-0.3, -0.25) is 14.9 Å². The van der Waals surface area contributed by atoms with Gasteiger partial charge in [-0.1, -0.05) is 23.9 Å². The quantitative estimate of drug-likeness (QED) is 0.705. The number of aryl methyl sites for hydroxylation is 1. The number of imide groups is 1. The van der Waals surface area contributed by atoms with Crippen LogP contribution >= 0.6 is 11.8 Å². The van der Waals surface area contributed by atoms with E-state index in [1.165, 1.54) is 0 Å². The highest BCUT2D eigenvalue weighted by Crippen LogP contribution is 2.24. The largest absolute Gasteiger partial charge is 0.493 e. The molecule has 1 unspecified atom stereocenters. The van der Waals surface area contributed by atoms with Crippen LogP contribution in [0.15, 0.2) is 42.6 Å². The minimum absolute atomic E-state index is 0.220. The summed E-state index contributed by atoms with van der Waals surface area (Å²) >= 11 is 1.04. The molecule has 0 spiro atoms.